The Hall–Kier alpha value is -0.0300. The molecule has 1 N–H and O–H groups in total. The van der Waals surface area contributed by atoms with Gasteiger partial charge >= 0.3 is 0 Å². The van der Waals surface area contributed by atoms with E-state index in [4.69, 9.17) is 0 Å². The van der Waals surface area contributed by atoms with Crippen LogP contribution < -0.4 is 5.32 Å². The van der Waals surface area contributed by atoms with Crippen molar-refractivity contribution in [2.24, 2.45) is 0 Å². The molecular weight excluding hydrogens is 224 g/mol. The van der Waals surface area contributed by atoms with Crippen molar-refractivity contribution in [2.45, 2.75) is 5.75 Å². The van der Waals surface area contributed by atoms with Crippen LogP contribution in [0, 0.1) is 0 Å². The van der Waals surface area contributed by atoms with E-state index in [9.17, 15) is 0 Å². The van der Waals surface area contributed by atoms with Gasteiger partial charge in [-0.15, -0.1) is 11.3 Å². The highest BCUT2D eigenvalue weighted by atomic mass is 32.2. The molecule has 4 heteroatoms. The summed E-state index contributed by atoms with van der Waals surface area (Å²) in [5, 5.41) is 5.54. The van der Waals surface area contributed by atoms with Crippen LogP contribution in [0.3, 0.4) is 0 Å². The lowest BCUT2D eigenvalue weighted by molar-refractivity contribution is 0.255. The molecule has 0 amide bonds. The molecule has 0 saturated carbocycles. The zero-order valence-corrected chi connectivity index (χ0v) is 10.6. The third-order valence-electron chi connectivity index (χ3n) is 2.59. The summed E-state index contributed by atoms with van der Waals surface area (Å²) < 4.78 is 0. The first-order valence-electron chi connectivity index (χ1n) is 5.48. The van der Waals surface area contributed by atoms with Gasteiger partial charge in [0.1, 0.15) is 0 Å². The number of thioether (sulfide) groups is 1. The first kappa shape index (κ1) is 11.5. The molecule has 0 radical (unpaired) electrons. The van der Waals surface area contributed by atoms with Crippen LogP contribution in [-0.2, 0) is 5.75 Å². The fraction of sp³-hybridized carbons (Fsp3) is 0.636. The minimum absolute atomic E-state index is 1.16. The minimum atomic E-state index is 1.16. The lowest BCUT2D eigenvalue weighted by Gasteiger charge is -2.26. The Labute approximate surface area is 100 Å². The molecule has 0 aromatic carbocycles. The second kappa shape index (κ2) is 6.53. The smallest absolute Gasteiger partial charge is 0.0279 e. The van der Waals surface area contributed by atoms with Gasteiger partial charge in [-0.3, -0.25) is 4.90 Å². The van der Waals surface area contributed by atoms with Gasteiger partial charge < -0.3 is 5.32 Å². The van der Waals surface area contributed by atoms with Crippen LogP contribution >= 0.6 is 23.1 Å². The van der Waals surface area contributed by atoms with Crippen molar-refractivity contribution in [3.63, 3.8) is 0 Å². The van der Waals surface area contributed by atoms with Gasteiger partial charge in [0.05, 0.1) is 0 Å². The molecule has 0 bridgehead atoms. The molecule has 1 aromatic rings. The highest BCUT2D eigenvalue weighted by Gasteiger charge is 2.08. The lowest BCUT2D eigenvalue weighted by Crippen LogP contribution is -2.44. The summed E-state index contributed by atoms with van der Waals surface area (Å²) in [5.74, 6) is 2.45. The average molecular weight is 242 g/mol. The Balaban J connectivity index is 1.54. The lowest BCUT2D eigenvalue weighted by atomic mass is 10.4. The molecule has 1 aliphatic rings. The first-order valence-corrected chi connectivity index (χ1v) is 7.52. The van der Waals surface area contributed by atoms with Gasteiger partial charge in [0.2, 0.25) is 0 Å². The molecular formula is C11H18N2S2. The van der Waals surface area contributed by atoms with Crippen molar-refractivity contribution < 1.29 is 0 Å². The van der Waals surface area contributed by atoms with Crippen LogP contribution in [0.15, 0.2) is 17.5 Å². The second-order valence-electron chi connectivity index (χ2n) is 3.72. The van der Waals surface area contributed by atoms with Gasteiger partial charge in [-0.25, -0.2) is 0 Å². The Morgan fingerprint density at radius 3 is 3.00 bits per heavy atom. The van der Waals surface area contributed by atoms with Crippen molar-refractivity contribution in [3.05, 3.63) is 22.4 Å². The van der Waals surface area contributed by atoms with E-state index >= 15 is 0 Å². The van der Waals surface area contributed by atoms with Gasteiger partial charge in [-0.05, 0) is 11.4 Å². The van der Waals surface area contributed by atoms with Crippen LogP contribution in [0.5, 0.6) is 0 Å². The quantitative estimate of drug-likeness (QED) is 0.794. The highest BCUT2D eigenvalue weighted by molar-refractivity contribution is 7.98. The summed E-state index contributed by atoms with van der Waals surface area (Å²) >= 11 is 3.92. The zero-order chi connectivity index (χ0) is 10.3. The van der Waals surface area contributed by atoms with Crippen molar-refractivity contribution in [1.29, 1.82) is 0 Å². The third kappa shape index (κ3) is 4.15. The third-order valence-corrected chi connectivity index (χ3v) is 4.63. The predicted octanol–water partition coefficient (Wildman–Crippen LogP) is 1.89. The van der Waals surface area contributed by atoms with Crippen molar-refractivity contribution >= 4 is 23.1 Å². The van der Waals surface area contributed by atoms with Crippen LogP contribution in [0.4, 0.5) is 0 Å². The zero-order valence-electron chi connectivity index (χ0n) is 8.95. The van der Waals surface area contributed by atoms with Gasteiger partial charge in [0.15, 0.2) is 0 Å². The number of piperazine rings is 1. The van der Waals surface area contributed by atoms with Crippen LogP contribution in [0.2, 0.25) is 0 Å². The normalized spacial score (nSPS) is 18.1. The Kier molecular flexibility index (Phi) is 4.99. The number of thiophene rings is 1. The number of rotatable bonds is 5. The molecule has 1 aromatic heterocycles. The molecule has 84 valence electrons. The van der Waals surface area contributed by atoms with E-state index in [1.807, 2.05) is 11.3 Å². The average Bonchev–Trinajstić information content (AvgIpc) is 2.79. The molecule has 0 atom stereocenters. The van der Waals surface area contributed by atoms with E-state index in [0.717, 1.165) is 13.1 Å². The van der Waals surface area contributed by atoms with E-state index < -0.39 is 0 Å². The number of nitrogens with zero attached hydrogens (tertiary/aromatic N) is 1. The molecule has 0 aliphatic carbocycles. The minimum Gasteiger partial charge on any atom is -0.314 e. The molecule has 2 nitrogen and oxygen atoms in total. The van der Waals surface area contributed by atoms with Crippen molar-refractivity contribution in [2.75, 3.05) is 38.5 Å². The van der Waals surface area contributed by atoms with E-state index in [2.05, 4.69) is 39.5 Å². The molecule has 0 spiro atoms. The van der Waals surface area contributed by atoms with Crippen LogP contribution in [-0.4, -0.2) is 43.4 Å². The van der Waals surface area contributed by atoms with Gasteiger partial charge in [-0.1, -0.05) is 6.07 Å². The SMILES string of the molecule is c1csc(CSCCN2CCNCC2)c1. The Morgan fingerprint density at radius 1 is 1.40 bits per heavy atom. The summed E-state index contributed by atoms with van der Waals surface area (Å²) in [5.41, 5.74) is 0. The molecule has 15 heavy (non-hydrogen) atoms. The van der Waals surface area contributed by atoms with E-state index in [0.29, 0.717) is 0 Å². The van der Waals surface area contributed by atoms with E-state index in [1.54, 1.807) is 0 Å². The standard InChI is InChI=1S/C11H18N2S2/c1-2-11(15-8-1)10-14-9-7-13-5-3-12-4-6-13/h1-2,8,12H,3-7,9-10H2. The fourth-order valence-electron chi connectivity index (χ4n) is 1.70. The first-order chi connectivity index (χ1) is 7.45. The van der Waals surface area contributed by atoms with E-state index in [1.165, 1.54) is 36.0 Å². The maximum Gasteiger partial charge on any atom is 0.0279 e. The van der Waals surface area contributed by atoms with Gasteiger partial charge in [-0.2, -0.15) is 11.8 Å². The highest BCUT2D eigenvalue weighted by Crippen LogP contribution is 2.16. The Morgan fingerprint density at radius 2 is 2.27 bits per heavy atom. The van der Waals surface area contributed by atoms with Crippen LogP contribution in [0.25, 0.3) is 0 Å². The molecule has 1 aliphatic heterocycles. The van der Waals surface area contributed by atoms with Crippen molar-refractivity contribution in [3.8, 4) is 0 Å². The number of hydrogen-bond acceptors (Lipinski definition) is 4. The van der Waals surface area contributed by atoms with Gasteiger partial charge in [0, 0.05) is 49.1 Å². The monoisotopic (exact) mass is 242 g/mol. The fourth-order valence-corrected chi connectivity index (χ4v) is 3.54. The molecule has 2 rings (SSSR count). The summed E-state index contributed by atoms with van der Waals surface area (Å²) in [6.45, 7) is 6.02. The number of hydrogen-bond donors (Lipinski definition) is 1. The topological polar surface area (TPSA) is 15.3 Å². The van der Waals surface area contributed by atoms with Crippen molar-refractivity contribution in [1.82, 2.24) is 10.2 Å². The predicted molar refractivity (Wildman–Crippen MR) is 69.8 cm³/mol. The van der Waals surface area contributed by atoms with E-state index in [-0.39, 0.29) is 0 Å². The summed E-state index contributed by atoms with van der Waals surface area (Å²) in [4.78, 5) is 4.05. The Bertz CT molecular complexity index is 256. The molecule has 2 heterocycles. The maximum absolute atomic E-state index is 3.38. The number of nitrogens with one attached hydrogen (secondary N) is 1. The summed E-state index contributed by atoms with van der Waals surface area (Å²) in [6, 6.07) is 4.36. The van der Waals surface area contributed by atoms with Crippen LogP contribution in [0.1, 0.15) is 4.88 Å². The summed E-state index contributed by atoms with van der Waals surface area (Å²) in [6.07, 6.45) is 0. The molecule has 1 fully saturated rings. The van der Waals surface area contributed by atoms with Gasteiger partial charge in [0.25, 0.3) is 0 Å². The maximum atomic E-state index is 3.38. The molecule has 0 unspecified atom stereocenters. The second-order valence-corrected chi connectivity index (χ2v) is 5.86. The largest absolute Gasteiger partial charge is 0.314 e. The summed E-state index contributed by atoms with van der Waals surface area (Å²) in [7, 11) is 0. The molecule has 1 saturated heterocycles.